The Morgan fingerprint density at radius 2 is 2.19 bits per heavy atom. The average molecular weight is 292 g/mol. The van der Waals surface area contributed by atoms with Crippen LogP contribution in [0.15, 0.2) is 18.2 Å². The minimum Gasteiger partial charge on any atom is -0.479 e. The molecule has 0 radical (unpaired) electrons. The highest BCUT2D eigenvalue weighted by molar-refractivity contribution is 6.03. The van der Waals surface area contributed by atoms with Crippen LogP contribution in [-0.2, 0) is 20.9 Å². The maximum atomic E-state index is 12.2. The third-order valence-corrected chi connectivity index (χ3v) is 3.12. The fourth-order valence-corrected chi connectivity index (χ4v) is 2.17. The molecule has 2 rings (SSSR count). The number of rotatable bonds is 4. The number of ether oxygens (including phenoxy) is 2. The minimum atomic E-state index is -0.641. The highest BCUT2D eigenvalue weighted by Crippen LogP contribution is 2.34. The molecule has 6 nitrogen and oxygen atoms in total. The summed E-state index contributed by atoms with van der Waals surface area (Å²) in [5.41, 5.74) is 7.07. The van der Waals surface area contributed by atoms with Gasteiger partial charge >= 0.3 is 5.97 Å². The molecule has 114 valence electrons. The van der Waals surface area contributed by atoms with E-state index < -0.39 is 12.1 Å². The summed E-state index contributed by atoms with van der Waals surface area (Å²) in [5, 5.41) is 0. The number of fused-ring (bicyclic) bond motifs is 1. The number of amides is 1. The van der Waals surface area contributed by atoms with Crippen LogP contribution in [0, 0.1) is 0 Å². The summed E-state index contributed by atoms with van der Waals surface area (Å²) in [5.74, 6) is -0.146. The van der Waals surface area contributed by atoms with Crippen molar-refractivity contribution in [3.8, 4) is 5.75 Å². The normalized spacial score (nSPS) is 17.5. The summed E-state index contributed by atoms with van der Waals surface area (Å²) in [7, 11) is 0. The van der Waals surface area contributed by atoms with Crippen molar-refractivity contribution >= 4 is 17.6 Å². The second-order valence-electron chi connectivity index (χ2n) is 5.23. The molecule has 1 unspecified atom stereocenters. The highest BCUT2D eigenvalue weighted by Gasteiger charge is 2.33. The third-order valence-electron chi connectivity index (χ3n) is 3.12. The molecule has 1 amide bonds. The van der Waals surface area contributed by atoms with Crippen LogP contribution in [0.4, 0.5) is 5.69 Å². The van der Waals surface area contributed by atoms with Crippen molar-refractivity contribution in [2.45, 2.75) is 39.5 Å². The Morgan fingerprint density at radius 1 is 1.48 bits per heavy atom. The Balaban J connectivity index is 2.28. The molecule has 1 atom stereocenters. The molecule has 1 heterocycles. The van der Waals surface area contributed by atoms with Crippen LogP contribution >= 0.6 is 0 Å². The SMILES string of the molecule is CC(C)OC(=O)CN1C(=O)C(C)Oc2cc(CN)ccc21. The predicted molar refractivity (Wildman–Crippen MR) is 78.0 cm³/mol. The maximum Gasteiger partial charge on any atom is 0.326 e. The van der Waals surface area contributed by atoms with Crippen molar-refractivity contribution in [2.75, 3.05) is 11.4 Å². The van der Waals surface area contributed by atoms with Crippen molar-refractivity contribution in [2.24, 2.45) is 5.73 Å². The standard InChI is InChI=1S/C15H20N2O4/c1-9(2)20-14(18)8-17-12-5-4-11(7-16)6-13(12)21-10(3)15(17)19/h4-6,9-10H,7-8,16H2,1-3H3. The first-order valence-corrected chi connectivity index (χ1v) is 6.93. The van der Waals surface area contributed by atoms with Gasteiger partial charge in [-0.1, -0.05) is 6.07 Å². The van der Waals surface area contributed by atoms with E-state index in [1.54, 1.807) is 32.9 Å². The molecule has 0 spiro atoms. The lowest BCUT2D eigenvalue weighted by atomic mass is 10.1. The van der Waals surface area contributed by atoms with Gasteiger partial charge < -0.3 is 15.2 Å². The Kier molecular flexibility index (Phi) is 4.47. The first-order chi connectivity index (χ1) is 9.92. The lowest BCUT2D eigenvalue weighted by molar-refractivity contribution is -0.146. The van der Waals surface area contributed by atoms with E-state index in [0.717, 1.165) is 5.56 Å². The number of esters is 1. The zero-order valence-electron chi connectivity index (χ0n) is 12.5. The monoisotopic (exact) mass is 292 g/mol. The van der Waals surface area contributed by atoms with Gasteiger partial charge in [-0.15, -0.1) is 0 Å². The average Bonchev–Trinajstić information content (AvgIpc) is 2.42. The van der Waals surface area contributed by atoms with Crippen LogP contribution in [0.25, 0.3) is 0 Å². The summed E-state index contributed by atoms with van der Waals surface area (Å²) in [6.45, 7) is 5.45. The van der Waals surface area contributed by atoms with Gasteiger partial charge in [0.25, 0.3) is 5.91 Å². The zero-order valence-corrected chi connectivity index (χ0v) is 12.5. The Bertz CT molecular complexity index is 557. The molecule has 0 fully saturated rings. The minimum absolute atomic E-state index is 0.125. The van der Waals surface area contributed by atoms with E-state index in [0.29, 0.717) is 18.0 Å². The van der Waals surface area contributed by atoms with Gasteiger partial charge in [-0.25, -0.2) is 0 Å². The third kappa shape index (κ3) is 3.33. The van der Waals surface area contributed by atoms with Crippen LogP contribution in [0.3, 0.4) is 0 Å². The molecule has 6 heteroatoms. The second-order valence-corrected chi connectivity index (χ2v) is 5.23. The second kappa shape index (κ2) is 6.13. The lowest BCUT2D eigenvalue weighted by Crippen LogP contribution is -2.47. The molecular weight excluding hydrogens is 272 g/mol. The number of hydrogen-bond donors (Lipinski definition) is 1. The first kappa shape index (κ1) is 15.3. The topological polar surface area (TPSA) is 81.9 Å². The van der Waals surface area contributed by atoms with E-state index in [1.807, 2.05) is 6.07 Å². The van der Waals surface area contributed by atoms with E-state index in [-0.39, 0.29) is 18.6 Å². The zero-order chi connectivity index (χ0) is 15.6. The summed E-state index contributed by atoms with van der Waals surface area (Å²) in [4.78, 5) is 25.5. The molecule has 0 aromatic heterocycles. The fraction of sp³-hybridized carbons (Fsp3) is 0.467. The highest BCUT2D eigenvalue weighted by atomic mass is 16.5. The van der Waals surface area contributed by atoms with Crippen molar-refractivity contribution in [1.29, 1.82) is 0 Å². The molecule has 1 aromatic carbocycles. The smallest absolute Gasteiger partial charge is 0.326 e. The molecule has 21 heavy (non-hydrogen) atoms. The molecule has 1 aliphatic heterocycles. The quantitative estimate of drug-likeness (QED) is 0.844. The van der Waals surface area contributed by atoms with Gasteiger partial charge in [0.05, 0.1) is 11.8 Å². The van der Waals surface area contributed by atoms with Crippen LogP contribution < -0.4 is 15.4 Å². The maximum absolute atomic E-state index is 12.2. The predicted octanol–water partition coefficient (Wildman–Crippen LogP) is 1.21. The van der Waals surface area contributed by atoms with Crippen LogP contribution in [-0.4, -0.2) is 30.6 Å². The van der Waals surface area contributed by atoms with Gasteiger partial charge in [-0.05, 0) is 38.5 Å². The van der Waals surface area contributed by atoms with Crippen molar-refractivity contribution < 1.29 is 19.1 Å². The first-order valence-electron chi connectivity index (χ1n) is 6.93. The molecule has 1 aliphatic rings. The Labute approximate surface area is 123 Å². The van der Waals surface area contributed by atoms with Gasteiger partial charge in [-0.2, -0.15) is 0 Å². The Hall–Kier alpha value is -2.08. The van der Waals surface area contributed by atoms with Gasteiger partial charge in [0.2, 0.25) is 0 Å². The molecule has 2 N–H and O–H groups in total. The molecule has 0 aliphatic carbocycles. The Morgan fingerprint density at radius 3 is 2.81 bits per heavy atom. The number of hydrogen-bond acceptors (Lipinski definition) is 5. The van der Waals surface area contributed by atoms with Gasteiger partial charge in [0.1, 0.15) is 12.3 Å². The summed E-state index contributed by atoms with van der Waals surface area (Å²) >= 11 is 0. The van der Waals surface area contributed by atoms with Crippen molar-refractivity contribution in [3.05, 3.63) is 23.8 Å². The van der Waals surface area contributed by atoms with Crippen molar-refractivity contribution in [3.63, 3.8) is 0 Å². The summed E-state index contributed by atoms with van der Waals surface area (Å²) < 4.78 is 10.7. The fourth-order valence-electron chi connectivity index (χ4n) is 2.17. The summed E-state index contributed by atoms with van der Waals surface area (Å²) in [6, 6.07) is 5.34. The lowest BCUT2D eigenvalue weighted by Gasteiger charge is -2.32. The molecular formula is C15H20N2O4. The molecule has 1 aromatic rings. The number of benzene rings is 1. The van der Waals surface area contributed by atoms with Crippen LogP contribution in [0.5, 0.6) is 5.75 Å². The number of nitrogens with zero attached hydrogens (tertiary/aromatic N) is 1. The molecule has 0 saturated carbocycles. The van der Waals surface area contributed by atoms with E-state index in [2.05, 4.69) is 0 Å². The van der Waals surface area contributed by atoms with Crippen molar-refractivity contribution in [1.82, 2.24) is 0 Å². The number of anilines is 1. The number of carbonyl (C=O) groups is 2. The van der Waals surface area contributed by atoms with E-state index >= 15 is 0 Å². The molecule has 0 saturated heterocycles. The number of carbonyl (C=O) groups excluding carboxylic acids is 2. The van der Waals surface area contributed by atoms with E-state index in [9.17, 15) is 9.59 Å². The van der Waals surface area contributed by atoms with E-state index in [4.69, 9.17) is 15.2 Å². The van der Waals surface area contributed by atoms with E-state index in [1.165, 1.54) is 4.90 Å². The largest absolute Gasteiger partial charge is 0.479 e. The van der Waals surface area contributed by atoms with Gasteiger partial charge in [0.15, 0.2) is 6.10 Å². The van der Waals surface area contributed by atoms with Crippen LogP contribution in [0.1, 0.15) is 26.3 Å². The summed E-state index contributed by atoms with van der Waals surface area (Å²) in [6.07, 6.45) is -0.859. The van der Waals surface area contributed by atoms with Crippen LogP contribution in [0.2, 0.25) is 0 Å². The number of nitrogens with two attached hydrogens (primary N) is 1. The molecule has 0 bridgehead atoms. The van der Waals surface area contributed by atoms with Gasteiger partial charge in [0, 0.05) is 6.54 Å². The van der Waals surface area contributed by atoms with Gasteiger partial charge in [-0.3, -0.25) is 14.5 Å².